The van der Waals surface area contributed by atoms with E-state index in [-0.39, 0.29) is 33.8 Å². The second kappa shape index (κ2) is 20.5. The van der Waals surface area contributed by atoms with Crippen LogP contribution in [0.3, 0.4) is 0 Å². The van der Waals surface area contributed by atoms with E-state index in [1.54, 1.807) is 0 Å². The fraction of sp³-hybridized carbons (Fsp3) is 0.286. The van der Waals surface area contributed by atoms with E-state index in [1.165, 1.54) is 117 Å². The van der Waals surface area contributed by atoms with Crippen molar-refractivity contribution < 1.29 is 4.42 Å². The number of para-hydroxylation sites is 2. The summed E-state index contributed by atoms with van der Waals surface area (Å²) < 4.78 is 6.53. The number of benzene rings is 10. The number of hydrogen-bond acceptors (Lipinski definition) is 4. The molecule has 0 unspecified atom stereocenters. The Morgan fingerprint density at radius 3 is 1.58 bits per heavy atom. The van der Waals surface area contributed by atoms with Gasteiger partial charge >= 0.3 is 0 Å². The molecule has 0 saturated carbocycles. The summed E-state index contributed by atoms with van der Waals surface area (Å²) in [4.78, 5) is 7.94. The number of aryl methyl sites for hydroxylation is 4. The van der Waals surface area contributed by atoms with Crippen molar-refractivity contribution in [2.75, 3.05) is 14.7 Å². The van der Waals surface area contributed by atoms with Gasteiger partial charge in [-0.1, -0.05) is 193 Å². The van der Waals surface area contributed by atoms with Gasteiger partial charge in [0.2, 0.25) is 0 Å². The third-order valence-electron chi connectivity index (χ3n) is 20.4. The van der Waals surface area contributed by atoms with Gasteiger partial charge in [-0.3, -0.25) is 0 Å². The Labute approximate surface area is 530 Å². The Morgan fingerprint density at radius 2 is 0.955 bits per heavy atom. The number of nitrogens with zero attached hydrogens (tertiary/aromatic N) is 3. The molecule has 10 aromatic carbocycles. The Hall–Kier alpha value is -8.54. The van der Waals surface area contributed by atoms with Crippen molar-refractivity contribution in [2.45, 2.75) is 158 Å². The zero-order valence-electron chi connectivity index (χ0n) is 55.6. The van der Waals surface area contributed by atoms with Crippen molar-refractivity contribution in [3.63, 3.8) is 0 Å². The van der Waals surface area contributed by atoms with Gasteiger partial charge in [0.1, 0.15) is 11.2 Å². The van der Waals surface area contributed by atoms with Crippen molar-refractivity contribution in [1.82, 2.24) is 0 Å². The molecule has 11 aromatic rings. The highest BCUT2D eigenvalue weighted by Crippen LogP contribution is 2.54. The van der Waals surface area contributed by atoms with Gasteiger partial charge in [0.25, 0.3) is 6.71 Å². The van der Waals surface area contributed by atoms with E-state index >= 15 is 0 Å². The first kappa shape index (κ1) is 58.2. The van der Waals surface area contributed by atoms with Crippen LogP contribution in [0.25, 0.3) is 44.2 Å². The lowest BCUT2D eigenvalue weighted by molar-refractivity contribution is 0.332. The first-order chi connectivity index (χ1) is 42.2. The highest BCUT2D eigenvalue weighted by atomic mass is 16.3. The standard InChI is InChI=1S/C84H86BN3O/c1-51-24-23-25-52(2)78(51)88-72-50-67-66(83(14,15)40-41-84(67,16)17)49-69(72)85-68-38-36-62(86(61-34-31-58(32-35-61)80(5,6)7)70-39-33-59(81(8,9)10)45-65(70)55-26-19-18-20-27-55)48-71(68)87(73-46-60(82(11,12)13)47-74(88)77(73)85)79-53(3)42-57(43-54(79)4)56-30-37-64-63-28-21-22-29-75(63)89-76(64)44-56/h18-39,42-50H,40-41H2,1-17H3. The second-order valence-electron chi connectivity index (χ2n) is 30.7. The molecule has 446 valence electrons. The normalized spacial score (nSPS) is 15.0. The van der Waals surface area contributed by atoms with Crippen molar-refractivity contribution in [1.29, 1.82) is 0 Å². The lowest BCUT2D eigenvalue weighted by Crippen LogP contribution is -2.62. The van der Waals surface area contributed by atoms with Crippen molar-refractivity contribution >= 4 is 96.2 Å². The van der Waals surface area contributed by atoms with Gasteiger partial charge in [-0.2, -0.15) is 0 Å². The SMILES string of the molecule is Cc1cc(-c2ccc3c(c2)oc2ccccc23)cc(C)c1N1c2cc(N(c3ccc(C(C)(C)C)cc3)c3ccc(C(C)(C)C)cc3-c3ccccc3)ccc2B2c3cc4c(cc3N(c3c(C)cccc3C)c3cc(C(C)(C)C)cc1c32)C(C)(C)CCC4(C)C. The fourth-order valence-corrected chi connectivity index (χ4v) is 15.2. The molecular weight excluding hydrogens is 1080 g/mol. The smallest absolute Gasteiger partial charge is 0.252 e. The summed E-state index contributed by atoms with van der Waals surface area (Å²) in [6.45, 7) is 40.2. The molecule has 0 atom stereocenters. The summed E-state index contributed by atoms with van der Waals surface area (Å²) in [6, 6.07) is 72.4. The maximum Gasteiger partial charge on any atom is 0.252 e. The third kappa shape index (κ3) is 9.64. The molecule has 0 N–H and O–H groups in total. The zero-order chi connectivity index (χ0) is 62.6. The molecule has 5 heteroatoms. The third-order valence-corrected chi connectivity index (χ3v) is 20.4. The van der Waals surface area contributed by atoms with E-state index in [9.17, 15) is 0 Å². The van der Waals surface area contributed by atoms with E-state index in [4.69, 9.17) is 4.42 Å². The highest BCUT2D eigenvalue weighted by molar-refractivity contribution is 7.00. The lowest BCUT2D eigenvalue weighted by Gasteiger charge is -2.48. The van der Waals surface area contributed by atoms with Gasteiger partial charge in [-0.05, 0) is 236 Å². The molecule has 4 nitrogen and oxygen atoms in total. The van der Waals surface area contributed by atoms with Crippen molar-refractivity contribution in [3.8, 4) is 22.3 Å². The van der Waals surface area contributed by atoms with Crippen LogP contribution in [-0.4, -0.2) is 6.71 Å². The molecule has 0 amide bonds. The number of anilines is 9. The Morgan fingerprint density at radius 1 is 0.404 bits per heavy atom. The molecule has 1 aromatic heterocycles. The van der Waals surface area contributed by atoms with Gasteiger partial charge in [0.05, 0.1) is 17.1 Å². The lowest BCUT2D eigenvalue weighted by atomic mass is 9.33. The summed E-state index contributed by atoms with van der Waals surface area (Å²) in [5.74, 6) is 0. The average molecular weight is 1160 g/mol. The van der Waals surface area contributed by atoms with Gasteiger partial charge < -0.3 is 19.1 Å². The summed E-state index contributed by atoms with van der Waals surface area (Å²) in [6.07, 6.45) is 2.27. The molecule has 0 bridgehead atoms. The van der Waals surface area contributed by atoms with Crippen LogP contribution in [0.15, 0.2) is 192 Å². The van der Waals surface area contributed by atoms with E-state index in [0.717, 1.165) is 57.4 Å². The van der Waals surface area contributed by atoms with Crippen LogP contribution in [0.2, 0.25) is 0 Å². The number of hydrogen-bond donors (Lipinski definition) is 0. The van der Waals surface area contributed by atoms with Crippen LogP contribution in [0.4, 0.5) is 51.2 Å². The quantitative estimate of drug-likeness (QED) is 0.148. The topological polar surface area (TPSA) is 22.9 Å². The molecular formula is C84H86BN3O. The molecule has 89 heavy (non-hydrogen) atoms. The average Bonchev–Trinajstić information content (AvgIpc) is 0.995. The number of fused-ring (bicyclic) bond motifs is 8. The van der Waals surface area contributed by atoms with E-state index < -0.39 is 0 Å². The van der Waals surface area contributed by atoms with Gasteiger partial charge in [0.15, 0.2) is 0 Å². The fourth-order valence-electron chi connectivity index (χ4n) is 15.2. The number of rotatable bonds is 7. The van der Waals surface area contributed by atoms with Gasteiger partial charge in [-0.25, -0.2) is 0 Å². The Balaban J connectivity index is 1.09. The molecule has 3 heterocycles. The molecule has 0 spiro atoms. The van der Waals surface area contributed by atoms with Crippen LogP contribution in [0.5, 0.6) is 0 Å². The zero-order valence-corrected chi connectivity index (χ0v) is 55.6. The molecule has 14 rings (SSSR count). The maximum absolute atomic E-state index is 6.53. The minimum absolute atomic E-state index is 0.00153. The predicted octanol–water partition coefficient (Wildman–Crippen LogP) is 21.9. The first-order valence-electron chi connectivity index (χ1n) is 32.5. The van der Waals surface area contributed by atoms with Crippen LogP contribution in [0.1, 0.15) is 153 Å². The van der Waals surface area contributed by atoms with E-state index in [1.807, 2.05) is 0 Å². The van der Waals surface area contributed by atoms with Crippen LogP contribution in [-0.2, 0) is 27.1 Å². The molecule has 0 saturated heterocycles. The molecule has 0 radical (unpaired) electrons. The Kier molecular flexibility index (Phi) is 13.4. The van der Waals surface area contributed by atoms with Crippen LogP contribution in [0, 0.1) is 27.7 Å². The van der Waals surface area contributed by atoms with Crippen LogP contribution >= 0.6 is 0 Å². The molecule has 0 fully saturated rings. The minimum Gasteiger partial charge on any atom is -0.456 e. The summed E-state index contributed by atoms with van der Waals surface area (Å²) >= 11 is 0. The monoisotopic (exact) mass is 1160 g/mol. The van der Waals surface area contributed by atoms with Crippen LogP contribution < -0.4 is 31.1 Å². The molecule has 1 aliphatic carbocycles. The maximum atomic E-state index is 6.53. The van der Waals surface area contributed by atoms with Crippen molar-refractivity contribution in [2.24, 2.45) is 0 Å². The summed E-state index contributed by atoms with van der Waals surface area (Å²) in [5, 5.41) is 2.28. The molecule has 2 aliphatic heterocycles. The predicted molar refractivity (Wildman–Crippen MR) is 384 cm³/mol. The van der Waals surface area contributed by atoms with E-state index in [0.29, 0.717) is 0 Å². The minimum atomic E-state index is -0.199. The Bertz CT molecular complexity index is 4630. The van der Waals surface area contributed by atoms with E-state index in [2.05, 4.69) is 320 Å². The number of furan rings is 1. The highest BCUT2D eigenvalue weighted by Gasteiger charge is 2.48. The first-order valence-corrected chi connectivity index (χ1v) is 32.5. The molecule has 3 aliphatic rings. The largest absolute Gasteiger partial charge is 0.456 e. The summed E-state index contributed by atoms with van der Waals surface area (Å²) in [5.41, 5.74) is 32.8. The summed E-state index contributed by atoms with van der Waals surface area (Å²) in [7, 11) is 0. The van der Waals surface area contributed by atoms with Crippen molar-refractivity contribution in [3.05, 3.63) is 238 Å². The van der Waals surface area contributed by atoms with Gasteiger partial charge in [-0.15, -0.1) is 0 Å². The van der Waals surface area contributed by atoms with Gasteiger partial charge in [0, 0.05) is 50.5 Å². The second-order valence-corrected chi connectivity index (χ2v) is 30.7.